The first-order valence-corrected chi connectivity index (χ1v) is 5.53. The molecule has 0 spiro atoms. The Morgan fingerprint density at radius 3 is 2.53 bits per heavy atom. The number of alkyl halides is 3. The summed E-state index contributed by atoms with van der Waals surface area (Å²) in [5.41, 5.74) is 3.77. The maximum absolute atomic E-state index is 13.7. The highest BCUT2D eigenvalue weighted by molar-refractivity contribution is 5.78. The highest BCUT2D eigenvalue weighted by atomic mass is 19.4. The number of nitrogens with two attached hydrogens (primary N) is 1. The summed E-state index contributed by atoms with van der Waals surface area (Å²) in [6.07, 6.45) is -3.51. The van der Waals surface area contributed by atoms with Crippen molar-refractivity contribution in [1.29, 1.82) is 0 Å². The van der Waals surface area contributed by atoms with E-state index in [9.17, 15) is 17.6 Å². The Morgan fingerprint density at radius 1 is 1.32 bits per heavy atom. The zero-order valence-electron chi connectivity index (χ0n) is 10.0. The number of benzene rings is 1. The number of rotatable bonds is 2. The average molecular weight is 273 g/mol. The van der Waals surface area contributed by atoms with Crippen LogP contribution in [0.5, 0.6) is 0 Å². The lowest BCUT2D eigenvalue weighted by Gasteiger charge is -2.09. The molecule has 1 heterocycles. The van der Waals surface area contributed by atoms with E-state index in [4.69, 9.17) is 5.73 Å². The topological polar surface area (TPSA) is 43.8 Å². The lowest BCUT2D eigenvalue weighted by Crippen LogP contribution is -2.09. The van der Waals surface area contributed by atoms with Crippen LogP contribution < -0.4 is 5.73 Å². The summed E-state index contributed by atoms with van der Waals surface area (Å²) in [5, 5.41) is 3.43. The molecule has 2 aromatic rings. The van der Waals surface area contributed by atoms with Crippen molar-refractivity contribution in [2.75, 3.05) is 5.73 Å². The third kappa shape index (κ3) is 2.40. The number of aryl methyl sites for hydroxylation is 1. The van der Waals surface area contributed by atoms with Crippen molar-refractivity contribution in [3.63, 3.8) is 0 Å². The van der Waals surface area contributed by atoms with Gasteiger partial charge in [0.2, 0.25) is 0 Å². The Morgan fingerprint density at radius 2 is 2.00 bits per heavy atom. The van der Waals surface area contributed by atoms with Gasteiger partial charge in [0.25, 0.3) is 0 Å². The number of nitrogen functional groups attached to an aromatic ring is 1. The number of anilines is 1. The molecule has 2 rings (SSSR count). The third-order valence-electron chi connectivity index (χ3n) is 2.67. The van der Waals surface area contributed by atoms with Crippen LogP contribution in [0.15, 0.2) is 24.4 Å². The van der Waals surface area contributed by atoms with Gasteiger partial charge in [-0.15, -0.1) is 0 Å². The summed E-state index contributed by atoms with van der Waals surface area (Å²) in [7, 11) is 0. The van der Waals surface area contributed by atoms with Gasteiger partial charge in [-0.2, -0.15) is 18.3 Å². The van der Waals surface area contributed by atoms with Crippen LogP contribution >= 0.6 is 0 Å². The molecule has 2 N–H and O–H groups in total. The predicted octanol–water partition coefficient (Wildman–Crippen LogP) is 3.31. The molecule has 0 aliphatic rings. The fourth-order valence-corrected chi connectivity index (χ4v) is 1.80. The summed E-state index contributed by atoms with van der Waals surface area (Å²) in [6.45, 7) is 1.89. The maximum Gasteiger partial charge on any atom is 0.435 e. The zero-order chi connectivity index (χ0) is 14.2. The second kappa shape index (κ2) is 4.56. The molecule has 0 saturated heterocycles. The minimum atomic E-state index is -4.66. The van der Waals surface area contributed by atoms with Crippen molar-refractivity contribution in [2.45, 2.75) is 19.6 Å². The molecule has 0 unspecified atom stereocenters. The van der Waals surface area contributed by atoms with E-state index >= 15 is 0 Å². The van der Waals surface area contributed by atoms with Crippen molar-refractivity contribution >= 4 is 5.69 Å². The molecule has 102 valence electrons. The van der Waals surface area contributed by atoms with Gasteiger partial charge in [-0.05, 0) is 19.1 Å². The summed E-state index contributed by atoms with van der Waals surface area (Å²) in [5.74, 6) is -0.804. The Bertz CT molecular complexity index is 581. The normalized spacial score (nSPS) is 11.8. The van der Waals surface area contributed by atoms with E-state index in [-0.39, 0.29) is 23.4 Å². The van der Waals surface area contributed by atoms with Gasteiger partial charge in [-0.25, -0.2) is 4.39 Å². The SMILES string of the molecule is CCn1cc(-c2c(N)cccc2F)c(C(F)(F)F)n1. The monoisotopic (exact) mass is 273 g/mol. The zero-order valence-corrected chi connectivity index (χ0v) is 10.0. The number of nitrogens with zero attached hydrogens (tertiary/aromatic N) is 2. The smallest absolute Gasteiger partial charge is 0.398 e. The van der Waals surface area contributed by atoms with Crippen molar-refractivity contribution in [3.8, 4) is 11.1 Å². The molecule has 0 saturated carbocycles. The van der Waals surface area contributed by atoms with Crippen LogP contribution in [0.3, 0.4) is 0 Å². The van der Waals surface area contributed by atoms with Gasteiger partial charge in [0.15, 0.2) is 5.69 Å². The molecule has 0 fully saturated rings. The van der Waals surface area contributed by atoms with Gasteiger partial charge in [0.1, 0.15) is 5.82 Å². The number of hydrogen-bond donors (Lipinski definition) is 1. The highest BCUT2D eigenvalue weighted by Crippen LogP contribution is 2.39. The largest absolute Gasteiger partial charge is 0.435 e. The van der Waals surface area contributed by atoms with E-state index in [1.165, 1.54) is 12.1 Å². The van der Waals surface area contributed by atoms with Crippen molar-refractivity contribution < 1.29 is 17.6 Å². The number of halogens is 4. The number of hydrogen-bond acceptors (Lipinski definition) is 2. The minimum absolute atomic E-state index is 0.0545. The van der Waals surface area contributed by atoms with E-state index in [1.807, 2.05) is 0 Å². The molecule has 0 radical (unpaired) electrons. The molecule has 0 amide bonds. The second-order valence-corrected chi connectivity index (χ2v) is 3.95. The van der Waals surface area contributed by atoms with Gasteiger partial charge in [0, 0.05) is 29.6 Å². The van der Waals surface area contributed by atoms with Crippen LogP contribution in [-0.4, -0.2) is 9.78 Å². The van der Waals surface area contributed by atoms with Crippen LogP contribution in [0.4, 0.5) is 23.2 Å². The van der Waals surface area contributed by atoms with E-state index in [1.54, 1.807) is 6.92 Å². The van der Waals surface area contributed by atoms with E-state index < -0.39 is 17.7 Å². The first kappa shape index (κ1) is 13.4. The summed E-state index contributed by atoms with van der Waals surface area (Å²) >= 11 is 0. The van der Waals surface area contributed by atoms with E-state index in [0.717, 1.165) is 16.9 Å². The molecule has 19 heavy (non-hydrogen) atoms. The minimum Gasteiger partial charge on any atom is -0.398 e. The van der Waals surface area contributed by atoms with Gasteiger partial charge in [-0.3, -0.25) is 4.68 Å². The Labute approximate surface area is 106 Å². The van der Waals surface area contributed by atoms with Crippen molar-refractivity contribution in [1.82, 2.24) is 9.78 Å². The van der Waals surface area contributed by atoms with Crippen LogP contribution in [0.1, 0.15) is 12.6 Å². The maximum atomic E-state index is 13.7. The van der Waals surface area contributed by atoms with Gasteiger partial charge < -0.3 is 5.73 Å². The predicted molar refractivity (Wildman–Crippen MR) is 62.7 cm³/mol. The van der Waals surface area contributed by atoms with Crippen molar-refractivity contribution in [2.24, 2.45) is 0 Å². The fraction of sp³-hybridized carbons (Fsp3) is 0.250. The van der Waals surface area contributed by atoms with E-state index in [2.05, 4.69) is 5.10 Å². The summed E-state index contributed by atoms with van der Waals surface area (Å²) in [6, 6.07) is 3.75. The fourth-order valence-electron chi connectivity index (χ4n) is 1.80. The molecular formula is C12H11F4N3. The Hall–Kier alpha value is -2.05. The molecule has 1 aromatic carbocycles. The van der Waals surface area contributed by atoms with Gasteiger partial charge in [0.05, 0.1) is 0 Å². The summed E-state index contributed by atoms with van der Waals surface area (Å²) < 4.78 is 53.6. The van der Waals surface area contributed by atoms with Crippen LogP contribution in [-0.2, 0) is 12.7 Å². The van der Waals surface area contributed by atoms with Crippen LogP contribution in [0, 0.1) is 5.82 Å². The first-order valence-electron chi connectivity index (χ1n) is 5.53. The second-order valence-electron chi connectivity index (χ2n) is 3.95. The molecule has 0 bridgehead atoms. The molecule has 0 atom stereocenters. The van der Waals surface area contributed by atoms with Gasteiger partial charge in [-0.1, -0.05) is 6.07 Å². The van der Waals surface area contributed by atoms with Crippen LogP contribution in [0.2, 0.25) is 0 Å². The molecule has 1 aromatic heterocycles. The molecule has 0 aliphatic heterocycles. The average Bonchev–Trinajstić information content (AvgIpc) is 2.72. The van der Waals surface area contributed by atoms with Crippen molar-refractivity contribution in [3.05, 3.63) is 35.9 Å². The quantitative estimate of drug-likeness (QED) is 0.674. The first-order chi connectivity index (χ1) is 8.84. The summed E-state index contributed by atoms with van der Waals surface area (Å²) in [4.78, 5) is 0. The van der Waals surface area contributed by atoms with E-state index in [0.29, 0.717) is 0 Å². The molecule has 7 heteroatoms. The highest BCUT2D eigenvalue weighted by Gasteiger charge is 2.38. The molecule has 0 aliphatic carbocycles. The van der Waals surface area contributed by atoms with Crippen LogP contribution in [0.25, 0.3) is 11.1 Å². The lowest BCUT2D eigenvalue weighted by atomic mass is 10.0. The third-order valence-corrected chi connectivity index (χ3v) is 2.67. The Kier molecular flexibility index (Phi) is 3.21. The number of aromatic nitrogens is 2. The standard InChI is InChI=1S/C12H11F4N3/c1-2-19-6-7(11(18-19)12(14,15)16)10-8(13)4-3-5-9(10)17/h3-6H,2,17H2,1H3. The molecule has 3 nitrogen and oxygen atoms in total. The molecular weight excluding hydrogens is 262 g/mol. The van der Waals surface area contributed by atoms with Gasteiger partial charge >= 0.3 is 6.18 Å². The lowest BCUT2D eigenvalue weighted by molar-refractivity contribution is -0.141. The Balaban J connectivity index is 2.71.